The van der Waals surface area contributed by atoms with E-state index in [0.29, 0.717) is 5.15 Å². The number of benzene rings is 1. The van der Waals surface area contributed by atoms with Gasteiger partial charge in [-0.3, -0.25) is 0 Å². The van der Waals surface area contributed by atoms with Crippen LogP contribution in [0, 0.1) is 6.92 Å². The van der Waals surface area contributed by atoms with E-state index in [9.17, 15) is 0 Å². The van der Waals surface area contributed by atoms with E-state index in [-0.39, 0.29) is 0 Å². The number of hydrogen-bond donors (Lipinski definition) is 0. The highest BCUT2D eigenvalue weighted by Crippen LogP contribution is 2.24. The van der Waals surface area contributed by atoms with Crippen LogP contribution >= 0.6 is 11.6 Å². The summed E-state index contributed by atoms with van der Waals surface area (Å²) in [5, 5.41) is 4.96. The van der Waals surface area contributed by atoms with Crippen LogP contribution in [0.3, 0.4) is 0 Å². The molecule has 0 fully saturated rings. The fraction of sp³-hybridized carbons (Fsp3) is 0.125. The number of rotatable bonds is 0. The van der Waals surface area contributed by atoms with Crippen molar-refractivity contribution in [2.75, 3.05) is 0 Å². The molecule has 0 radical (unpaired) electrons. The topological polar surface area (TPSA) is 26.0 Å². The van der Waals surface area contributed by atoms with Crippen molar-refractivity contribution in [1.29, 1.82) is 0 Å². The molecule has 0 unspecified atom stereocenters. The highest BCUT2D eigenvalue weighted by atomic mass is 35.5. The molecule has 1 heterocycles. The fourth-order valence-corrected chi connectivity index (χ4v) is 1.25. The highest BCUT2D eigenvalue weighted by molar-refractivity contribution is 6.34. The van der Waals surface area contributed by atoms with Crippen molar-refractivity contribution in [3.63, 3.8) is 0 Å². The van der Waals surface area contributed by atoms with Gasteiger partial charge in [0.1, 0.15) is 0 Å². The molecule has 0 amide bonds. The summed E-state index contributed by atoms with van der Waals surface area (Å²) in [7, 11) is 0. The van der Waals surface area contributed by atoms with E-state index in [1.807, 2.05) is 25.1 Å². The standard InChI is InChI=1S/C8H6ClNO/c1-5-3-2-4-6-7(5)11-10-8(6)9/h2-4H,1H3. The molecule has 11 heavy (non-hydrogen) atoms. The maximum Gasteiger partial charge on any atom is 0.180 e. The average Bonchev–Trinajstić information content (AvgIpc) is 2.35. The molecule has 56 valence electrons. The van der Waals surface area contributed by atoms with Gasteiger partial charge in [0.15, 0.2) is 10.7 Å². The van der Waals surface area contributed by atoms with Crippen molar-refractivity contribution < 1.29 is 4.52 Å². The number of aryl methyl sites for hydroxylation is 1. The Labute approximate surface area is 68.7 Å². The molecule has 1 aromatic heterocycles. The first-order chi connectivity index (χ1) is 5.29. The van der Waals surface area contributed by atoms with Gasteiger partial charge >= 0.3 is 0 Å². The molecule has 0 spiro atoms. The Kier molecular flexibility index (Phi) is 1.36. The van der Waals surface area contributed by atoms with Crippen molar-refractivity contribution in [3.8, 4) is 0 Å². The number of nitrogens with zero attached hydrogens (tertiary/aromatic N) is 1. The lowest BCUT2D eigenvalue weighted by Crippen LogP contribution is -1.70. The van der Waals surface area contributed by atoms with Gasteiger partial charge in [0, 0.05) is 0 Å². The van der Waals surface area contributed by atoms with Gasteiger partial charge in [-0.25, -0.2) is 0 Å². The zero-order valence-electron chi connectivity index (χ0n) is 5.97. The average molecular weight is 168 g/mol. The fourth-order valence-electron chi connectivity index (χ4n) is 1.07. The minimum atomic E-state index is 0.434. The van der Waals surface area contributed by atoms with Gasteiger partial charge in [-0.15, -0.1) is 0 Å². The molecule has 0 N–H and O–H groups in total. The predicted molar refractivity (Wildman–Crippen MR) is 43.8 cm³/mol. The Bertz CT molecular complexity index is 394. The summed E-state index contributed by atoms with van der Waals surface area (Å²) < 4.78 is 5.00. The molecule has 0 saturated carbocycles. The molecule has 0 aliphatic rings. The van der Waals surface area contributed by atoms with Crippen LogP contribution in [0.2, 0.25) is 5.15 Å². The minimum absolute atomic E-state index is 0.434. The third kappa shape index (κ3) is 0.906. The van der Waals surface area contributed by atoms with Gasteiger partial charge in [0.25, 0.3) is 0 Å². The van der Waals surface area contributed by atoms with Gasteiger partial charge in [0.2, 0.25) is 0 Å². The smallest absolute Gasteiger partial charge is 0.180 e. The van der Waals surface area contributed by atoms with Crippen molar-refractivity contribution in [1.82, 2.24) is 5.16 Å². The second-order valence-corrected chi connectivity index (χ2v) is 2.78. The number of para-hydroxylation sites is 1. The first-order valence-corrected chi connectivity index (χ1v) is 3.67. The van der Waals surface area contributed by atoms with Crippen molar-refractivity contribution >= 4 is 22.6 Å². The van der Waals surface area contributed by atoms with Gasteiger partial charge in [-0.2, -0.15) is 0 Å². The minimum Gasteiger partial charge on any atom is -0.354 e. The normalized spacial score (nSPS) is 10.7. The maximum atomic E-state index is 5.74. The summed E-state index contributed by atoms with van der Waals surface area (Å²) in [4.78, 5) is 0. The molecule has 0 atom stereocenters. The molecule has 1 aromatic carbocycles. The second kappa shape index (κ2) is 2.24. The third-order valence-corrected chi connectivity index (χ3v) is 1.92. The molecule has 0 aliphatic heterocycles. The van der Waals surface area contributed by atoms with E-state index in [1.54, 1.807) is 0 Å². The van der Waals surface area contributed by atoms with Gasteiger partial charge in [-0.1, -0.05) is 28.9 Å². The summed E-state index contributed by atoms with van der Waals surface area (Å²) >= 11 is 5.74. The first kappa shape index (κ1) is 6.68. The van der Waals surface area contributed by atoms with Crippen LogP contribution in [0.25, 0.3) is 11.0 Å². The van der Waals surface area contributed by atoms with Crippen LogP contribution in [0.15, 0.2) is 22.7 Å². The summed E-state index contributed by atoms with van der Waals surface area (Å²) in [6, 6.07) is 5.78. The highest BCUT2D eigenvalue weighted by Gasteiger charge is 2.05. The Balaban J connectivity index is 2.94. The SMILES string of the molecule is Cc1cccc2c(Cl)noc12. The van der Waals surface area contributed by atoms with Gasteiger partial charge in [-0.05, 0) is 18.6 Å². The van der Waals surface area contributed by atoms with E-state index in [2.05, 4.69) is 5.16 Å². The molecule has 2 nitrogen and oxygen atoms in total. The first-order valence-electron chi connectivity index (χ1n) is 3.29. The van der Waals surface area contributed by atoms with Crippen LogP contribution in [0.5, 0.6) is 0 Å². The maximum absolute atomic E-state index is 5.74. The summed E-state index contributed by atoms with van der Waals surface area (Å²) in [6.07, 6.45) is 0. The summed E-state index contributed by atoms with van der Waals surface area (Å²) in [5.41, 5.74) is 1.83. The predicted octanol–water partition coefficient (Wildman–Crippen LogP) is 2.79. The van der Waals surface area contributed by atoms with Gasteiger partial charge in [0.05, 0.1) is 5.39 Å². The van der Waals surface area contributed by atoms with Crippen LogP contribution in [-0.4, -0.2) is 5.16 Å². The molecule has 2 rings (SSSR count). The van der Waals surface area contributed by atoms with E-state index < -0.39 is 0 Å². The lowest BCUT2D eigenvalue weighted by atomic mass is 10.2. The van der Waals surface area contributed by atoms with Crippen LogP contribution in [0.4, 0.5) is 0 Å². The number of hydrogen-bond acceptors (Lipinski definition) is 2. The van der Waals surface area contributed by atoms with Crippen LogP contribution in [0.1, 0.15) is 5.56 Å². The third-order valence-electron chi connectivity index (χ3n) is 1.65. The number of halogens is 1. The van der Waals surface area contributed by atoms with E-state index in [0.717, 1.165) is 16.5 Å². The molecular weight excluding hydrogens is 162 g/mol. The monoisotopic (exact) mass is 167 g/mol. The van der Waals surface area contributed by atoms with E-state index in [1.165, 1.54) is 0 Å². The summed E-state index contributed by atoms with van der Waals surface area (Å²) in [5.74, 6) is 0. The quantitative estimate of drug-likeness (QED) is 0.603. The Morgan fingerprint density at radius 3 is 3.00 bits per heavy atom. The van der Waals surface area contributed by atoms with Crippen molar-refractivity contribution in [2.24, 2.45) is 0 Å². The van der Waals surface area contributed by atoms with E-state index in [4.69, 9.17) is 16.1 Å². The molecule has 2 aromatic rings. The Hall–Kier alpha value is -1.02. The van der Waals surface area contributed by atoms with E-state index >= 15 is 0 Å². The second-order valence-electron chi connectivity index (χ2n) is 2.42. The zero-order valence-corrected chi connectivity index (χ0v) is 6.72. The molecule has 0 saturated heterocycles. The largest absolute Gasteiger partial charge is 0.354 e. The Morgan fingerprint density at radius 2 is 2.27 bits per heavy atom. The molecule has 0 aliphatic carbocycles. The molecule has 0 bridgehead atoms. The lowest BCUT2D eigenvalue weighted by Gasteiger charge is -1.89. The van der Waals surface area contributed by atoms with Crippen molar-refractivity contribution in [2.45, 2.75) is 6.92 Å². The number of aromatic nitrogens is 1. The van der Waals surface area contributed by atoms with Crippen molar-refractivity contribution in [3.05, 3.63) is 28.9 Å². The molecule has 3 heteroatoms. The van der Waals surface area contributed by atoms with Gasteiger partial charge < -0.3 is 4.52 Å². The van der Waals surface area contributed by atoms with Crippen LogP contribution in [-0.2, 0) is 0 Å². The molecular formula is C8H6ClNO. The lowest BCUT2D eigenvalue weighted by molar-refractivity contribution is 0.455. The zero-order chi connectivity index (χ0) is 7.84. The van der Waals surface area contributed by atoms with Crippen LogP contribution < -0.4 is 0 Å². The number of fused-ring (bicyclic) bond motifs is 1. The summed E-state index contributed by atoms with van der Waals surface area (Å²) in [6.45, 7) is 1.96. The Morgan fingerprint density at radius 1 is 1.45 bits per heavy atom.